The van der Waals surface area contributed by atoms with Crippen LogP contribution in [0.5, 0.6) is 0 Å². The zero-order valence-electron chi connectivity index (χ0n) is 15.0. The largest absolute Gasteiger partial charge is 0.370 e. The van der Waals surface area contributed by atoms with E-state index in [1.807, 2.05) is 0 Å². The van der Waals surface area contributed by atoms with Gasteiger partial charge in [-0.05, 0) is 24.3 Å². The number of likely N-dealkylation sites (tertiary alicyclic amines) is 1. The van der Waals surface area contributed by atoms with Gasteiger partial charge in [-0.25, -0.2) is 13.2 Å². The Morgan fingerprint density at radius 1 is 1.29 bits per heavy atom. The molecule has 9 heteroatoms. The van der Waals surface area contributed by atoms with Crippen LogP contribution in [0.25, 0.3) is 0 Å². The van der Waals surface area contributed by atoms with Crippen LogP contribution in [0.1, 0.15) is 18.4 Å². The van der Waals surface area contributed by atoms with E-state index in [-0.39, 0.29) is 48.6 Å². The lowest BCUT2D eigenvalue weighted by atomic mass is 10.1. The average Bonchev–Trinajstić information content (AvgIpc) is 2.99. The molecule has 1 aromatic carbocycles. The van der Waals surface area contributed by atoms with Gasteiger partial charge in [-0.15, -0.1) is 0 Å². The molecule has 4 rings (SSSR count). The van der Waals surface area contributed by atoms with Gasteiger partial charge in [-0.3, -0.25) is 9.69 Å². The summed E-state index contributed by atoms with van der Waals surface area (Å²) in [6.07, 6.45) is 0.495. The molecule has 0 bridgehead atoms. The highest BCUT2D eigenvalue weighted by Crippen LogP contribution is 2.47. The Bertz CT molecular complexity index is 898. The molecule has 2 heterocycles. The van der Waals surface area contributed by atoms with E-state index < -0.39 is 23.3 Å². The molecule has 2 saturated heterocycles. The predicted molar refractivity (Wildman–Crippen MR) is 92.5 cm³/mol. The summed E-state index contributed by atoms with van der Waals surface area (Å²) in [6.45, 7) is 1.22. The minimum absolute atomic E-state index is 0.0320. The van der Waals surface area contributed by atoms with Crippen molar-refractivity contribution in [3.8, 4) is 12.1 Å². The molecule has 1 amide bonds. The minimum atomic E-state index is -2.22. The van der Waals surface area contributed by atoms with Crippen LogP contribution < -0.4 is 10.2 Å². The lowest BCUT2D eigenvalue weighted by Crippen LogP contribution is -2.47. The third kappa shape index (κ3) is 2.96. The number of rotatable bonds is 4. The summed E-state index contributed by atoms with van der Waals surface area (Å²) in [5, 5.41) is 21.2. The molecule has 0 spiro atoms. The number of hydrogen-bond donors (Lipinski definition) is 1. The highest BCUT2D eigenvalue weighted by atomic mass is 19.1. The maximum Gasteiger partial charge on any atom is 0.271 e. The number of hydrogen-bond acceptors (Lipinski definition) is 5. The normalized spacial score (nSPS) is 30.7. The maximum absolute atomic E-state index is 14.3. The summed E-state index contributed by atoms with van der Waals surface area (Å²) in [6, 6.07) is 5.27. The van der Waals surface area contributed by atoms with Gasteiger partial charge in [-0.1, -0.05) is 0 Å². The van der Waals surface area contributed by atoms with E-state index in [2.05, 4.69) is 5.32 Å². The number of amides is 1. The van der Waals surface area contributed by atoms with E-state index in [4.69, 9.17) is 10.5 Å². The van der Waals surface area contributed by atoms with E-state index >= 15 is 0 Å². The third-order valence-electron chi connectivity index (χ3n) is 5.96. The number of anilines is 1. The number of piperidine rings is 1. The summed E-state index contributed by atoms with van der Waals surface area (Å²) < 4.78 is 41.7. The highest BCUT2D eigenvalue weighted by Gasteiger charge is 2.56. The Balaban J connectivity index is 1.34. The number of benzene rings is 1. The summed E-state index contributed by atoms with van der Waals surface area (Å²) in [5.74, 6) is -3.89. The summed E-state index contributed by atoms with van der Waals surface area (Å²) in [7, 11) is 0. The Morgan fingerprint density at radius 3 is 2.64 bits per heavy atom. The van der Waals surface area contributed by atoms with E-state index in [9.17, 15) is 18.0 Å². The average molecular weight is 389 g/mol. The summed E-state index contributed by atoms with van der Waals surface area (Å²) >= 11 is 0. The zero-order chi connectivity index (χ0) is 20.1. The predicted octanol–water partition coefficient (Wildman–Crippen LogP) is 1.67. The molecule has 28 heavy (non-hydrogen) atoms. The fraction of sp³-hybridized carbons (Fsp3) is 0.526. The first-order chi connectivity index (χ1) is 13.4. The Labute approximate surface area is 160 Å². The van der Waals surface area contributed by atoms with Gasteiger partial charge in [0.05, 0.1) is 12.2 Å². The fourth-order valence-electron chi connectivity index (χ4n) is 4.47. The molecule has 0 aromatic heterocycles. The second-order valence-electron chi connectivity index (χ2n) is 7.55. The topological polar surface area (TPSA) is 83.2 Å². The number of nitriles is 2. The molecule has 1 N–H and O–H groups in total. The lowest BCUT2D eigenvalue weighted by Gasteiger charge is -2.26. The smallest absolute Gasteiger partial charge is 0.271 e. The highest BCUT2D eigenvalue weighted by molar-refractivity contribution is 5.79. The Hall–Kier alpha value is -2.78. The molecular weight excluding hydrogens is 371 g/mol. The molecule has 1 aromatic rings. The van der Waals surface area contributed by atoms with Crippen LogP contribution >= 0.6 is 0 Å². The number of fused-ring (bicyclic) bond motifs is 1. The number of nitrogens with zero attached hydrogens (tertiary/aromatic N) is 4. The van der Waals surface area contributed by atoms with Crippen LogP contribution in [0.3, 0.4) is 0 Å². The first kappa shape index (κ1) is 18.6. The first-order valence-electron chi connectivity index (χ1n) is 9.16. The molecule has 0 radical (unpaired) electrons. The number of halogens is 3. The standard InChI is InChI=1S/C19H18F3N5O/c20-11-4-15(21)12(6-23)16(5-11)26-8-13-14(9-26)18(13)25-7-17(28)27-3-1-2-19(27,22)10-24/h4-5,13-14,18,25H,1-3,7-9H2. The van der Waals surface area contributed by atoms with Gasteiger partial charge in [0.25, 0.3) is 5.79 Å². The molecular formula is C19H18F3N5O. The quantitative estimate of drug-likeness (QED) is 0.793. The molecule has 1 aliphatic carbocycles. The van der Waals surface area contributed by atoms with Gasteiger partial charge in [-0.2, -0.15) is 10.5 Å². The molecule has 6 nitrogen and oxygen atoms in total. The van der Waals surface area contributed by atoms with Crippen molar-refractivity contribution in [1.82, 2.24) is 10.2 Å². The number of carbonyl (C=O) groups excluding carboxylic acids is 1. The van der Waals surface area contributed by atoms with E-state index in [1.54, 1.807) is 17.0 Å². The van der Waals surface area contributed by atoms with E-state index in [0.717, 1.165) is 11.0 Å². The van der Waals surface area contributed by atoms with Crippen molar-refractivity contribution in [2.45, 2.75) is 24.7 Å². The van der Waals surface area contributed by atoms with Gasteiger partial charge >= 0.3 is 0 Å². The van der Waals surface area contributed by atoms with Gasteiger partial charge in [0.2, 0.25) is 5.91 Å². The second-order valence-corrected chi connectivity index (χ2v) is 7.55. The number of nitrogens with one attached hydrogen (secondary N) is 1. The Kier molecular flexibility index (Phi) is 4.43. The minimum Gasteiger partial charge on any atom is -0.370 e. The fourth-order valence-corrected chi connectivity index (χ4v) is 4.47. The van der Waals surface area contributed by atoms with Gasteiger partial charge < -0.3 is 10.2 Å². The van der Waals surface area contributed by atoms with Crippen LogP contribution in [0.2, 0.25) is 0 Å². The molecule has 146 valence electrons. The molecule has 2 aliphatic heterocycles. The summed E-state index contributed by atoms with van der Waals surface area (Å²) in [5.41, 5.74) is 0.0718. The van der Waals surface area contributed by atoms with Crippen molar-refractivity contribution in [2.75, 3.05) is 31.1 Å². The number of alkyl halides is 1. The van der Waals surface area contributed by atoms with Crippen LogP contribution in [0.4, 0.5) is 18.9 Å². The van der Waals surface area contributed by atoms with Crippen LogP contribution in [-0.4, -0.2) is 48.8 Å². The monoisotopic (exact) mass is 389 g/mol. The lowest BCUT2D eigenvalue weighted by molar-refractivity contribution is -0.137. The summed E-state index contributed by atoms with van der Waals surface area (Å²) in [4.78, 5) is 15.0. The van der Waals surface area contributed by atoms with Crippen molar-refractivity contribution in [2.24, 2.45) is 11.8 Å². The molecule has 3 atom stereocenters. The van der Waals surface area contributed by atoms with Crippen molar-refractivity contribution in [3.05, 3.63) is 29.3 Å². The van der Waals surface area contributed by atoms with Gasteiger partial charge in [0.1, 0.15) is 29.3 Å². The van der Waals surface area contributed by atoms with Crippen LogP contribution in [0, 0.1) is 46.1 Å². The van der Waals surface area contributed by atoms with Crippen LogP contribution in [0.15, 0.2) is 12.1 Å². The second kappa shape index (κ2) is 6.68. The SMILES string of the molecule is N#Cc1c(F)cc(F)cc1N1CC2C(C1)C2NCC(=O)N1CCCC1(F)C#N. The number of carbonyl (C=O) groups is 1. The molecule has 1 saturated carbocycles. The van der Waals surface area contributed by atoms with Gasteiger partial charge in [0.15, 0.2) is 0 Å². The van der Waals surface area contributed by atoms with Crippen molar-refractivity contribution in [1.29, 1.82) is 10.5 Å². The van der Waals surface area contributed by atoms with Crippen LogP contribution in [-0.2, 0) is 4.79 Å². The first-order valence-corrected chi connectivity index (χ1v) is 9.16. The van der Waals surface area contributed by atoms with Crippen molar-refractivity contribution in [3.63, 3.8) is 0 Å². The van der Waals surface area contributed by atoms with Crippen molar-refractivity contribution >= 4 is 11.6 Å². The van der Waals surface area contributed by atoms with Gasteiger partial charge in [0, 0.05) is 38.2 Å². The molecule has 3 aliphatic rings. The molecule has 3 unspecified atom stereocenters. The van der Waals surface area contributed by atoms with E-state index in [0.29, 0.717) is 25.6 Å². The molecule has 3 fully saturated rings. The van der Waals surface area contributed by atoms with Crippen molar-refractivity contribution < 1.29 is 18.0 Å². The maximum atomic E-state index is 14.3. The van der Waals surface area contributed by atoms with E-state index in [1.165, 1.54) is 0 Å². The Morgan fingerprint density at radius 2 is 2.00 bits per heavy atom. The third-order valence-corrected chi connectivity index (χ3v) is 5.96. The zero-order valence-corrected chi connectivity index (χ0v) is 15.0.